The van der Waals surface area contributed by atoms with Crippen LogP contribution in [0.1, 0.15) is 25.3 Å². The molecule has 1 aliphatic heterocycles. The highest BCUT2D eigenvalue weighted by molar-refractivity contribution is 5.13. The summed E-state index contributed by atoms with van der Waals surface area (Å²) < 4.78 is 5.57. The number of piperidine rings is 1. The van der Waals surface area contributed by atoms with Crippen molar-refractivity contribution in [3.05, 3.63) is 35.9 Å². The quantitative estimate of drug-likeness (QED) is 0.754. The Morgan fingerprint density at radius 3 is 2.55 bits per heavy atom. The normalized spacial score (nSPS) is 18.5. The first-order valence-corrected chi connectivity index (χ1v) is 7.26. The lowest BCUT2D eigenvalue weighted by Gasteiger charge is -2.31. The number of rotatable bonds is 6. The maximum Gasteiger partial charge on any atom is 0.0900 e. The molecule has 1 N–H and O–H groups in total. The monoisotopic (exact) mass is 298 g/mol. The molecule has 0 radical (unpaired) electrons. The highest BCUT2D eigenvalue weighted by atomic mass is 35.5. The lowest BCUT2D eigenvalue weighted by Crippen LogP contribution is -3.00. The van der Waals surface area contributed by atoms with E-state index in [0.29, 0.717) is 13.2 Å². The molecule has 0 aliphatic carbocycles. The predicted octanol–water partition coefficient (Wildman–Crippen LogP) is -0.700. The molecule has 0 bridgehead atoms. The van der Waals surface area contributed by atoms with Gasteiger partial charge in [-0.1, -0.05) is 37.3 Å². The summed E-state index contributed by atoms with van der Waals surface area (Å²) in [4.78, 5) is 2.34. The number of hydrogen-bond acceptors (Lipinski definition) is 3. The Morgan fingerprint density at radius 1 is 1.25 bits per heavy atom. The number of ether oxygens (including phenoxy) is 1. The Morgan fingerprint density at radius 2 is 1.90 bits per heavy atom. The van der Waals surface area contributed by atoms with Crippen LogP contribution in [0.15, 0.2) is 30.3 Å². The minimum absolute atomic E-state index is 0. The highest BCUT2D eigenvalue weighted by Gasteiger charge is 2.18. The van der Waals surface area contributed by atoms with Crippen LogP contribution in [-0.4, -0.2) is 42.4 Å². The molecule has 0 saturated carbocycles. The van der Waals surface area contributed by atoms with Crippen molar-refractivity contribution in [3.8, 4) is 0 Å². The number of aliphatic hydroxyl groups is 1. The van der Waals surface area contributed by atoms with Gasteiger partial charge in [0, 0.05) is 6.54 Å². The summed E-state index contributed by atoms with van der Waals surface area (Å²) >= 11 is 0. The van der Waals surface area contributed by atoms with Gasteiger partial charge in [0.05, 0.1) is 19.3 Å². The van der Waals surface area contributed by atoms with E-state index < -0.39 is 0 Å². The van der Waals surface area contributed by atoms with E-state index in [1.54, 1.807) is 0 Å². The van der Waals surface area contributed by atoms with Gasteiger partial charge in [-0.25, -0.2) is 0 Å². The van der Waals surface area contributed by atoms with E-state index in [1.165, 1.54) is 12.8 Å². The molecule has 4 heteroatoms. The standard InChI is InChI=1S/C16H25NO2.ClH/c1-14-7-9-17(10-8-14)11-16(18)13-19-12-15-5-3-2-4-6-15;/h2-6,14,16,18H,7-13H2,1H3;1H/p-1. The van der Waals surface area contributed by atoms with Crippen LogP contribution < -0.4 is 12.4 Å². The van der Waals surface area contributed by atoms with Crippen molar-refractivity contribution in [3.63, 3.8) is 0 Å². The molecule has 1 atom stereocenters. The van der Waals surface area contributed by atoms with Crippen LogP contribution in [0.2, 0.25) is 0 Å². The fourth-order valence-electron chi connectivity index (χ4n) is 2.48. The topological polar surface area (TPSA) is 32.7 Å². The second-order valence-corrected chi connectivity index (χ2v) is 5.64. The number of halogens is 1. The third-order valence-corrected chi connectivity index (χ3v) is 3.77. The van der Waals surface area contributed by atoms with Gasteiger partial charge in [0.15, 0.2) is 0 Å². The largest absolute Gasteiger partial charge is 1.00 e. The molecule has 2 rings (SSSR count). The summed E-state index contributed by atoms with van der Waals surface area (Å²) in [5.41, 5.74) is 1.15. The lowest BCUT2D eigenvalue weighted by atomic mass is 9.99. The third kappa shape index (κ3) is 6.23. The van der Waals surface area contributed by atoms with Crippen LogP contribution in [0.4, 0.5) is 0 Å². The van der Waals surface area contributed by atoms with Gasteiger partial charge in [0.25, 0.3) is 0 Å². The molecule has 0 aromatic heterocycles. The van der Waals surface area contributed by atoms with Crippen molar-refractivity contribution >= 4 is 0 Å². The van der Waals surface area contributed by atoms with E-state index in [-0.39, 0.29) is 18.5 Å². The van der Waals surface area contributed by atoms with Gasteiger partial charge in [-0.3, -0.25) is 0 Å². The summed E-state index contributed by atoms with van der Waals surface area (Å²) in [5, 5.41) is 9.98. The fraction of sp³-hybridized carbons (Fsp3) is 0.625. The Balaban J connectivity index is 0.00000200. The Labute approximate surface area is 128 Å². The summed E-state index contributed by atoms with van der Waals surface area (Å²) in [6.45, 7) is 6.25. The van der Waals surface area contributed by atoms with Gasteiger partial charge in [0.2, 0.25) is 0 Å². The molecule has 0 amide bonds. The summed E-state index contributed by atoms with van der Waals surface area (Å²) in [7, 11) is 0. The van der Waals surface area contributed by atoms with Gasteiger partial charge < -0.3 is 27.2 Å². The molecular weight excluding hydrogens is 274 g/mol. The van der Waals surface area contributed by atoms with E-state index in [2.05, 4.69) is 11.8 Å². The van der Waals surface area contributed by atoms with E-state index in [1.807, 2.05) is 30.3 Å². The molecule has 1 saturated heterocycles. The Hall–Kier alpha value is -0.610. The van der Waals surface area contributed by atoms with Gasteiger partial charge in [-0.2, -0.15) is 0 Å². The first-order valence-electron chi connectivity index (χ1n) is 7.26. The minimum atomic E-state index is -0.378. The second kappa shape index (κ2) is 9.35. The third-order valence-electron chi connectivity index (χ3n) is 3.77. The zero-order valence-corrected chi connectivity index (χ0v) is 12.9. The molecule has 1 fully saturated rings. The molecule has 20 heavy (non-hydrogen) atoms. The second-order valence-electron chi connectivity index (χ2n) is 5.64. The first kappa shape index (κ1) is 17.4. The smallest absolute Gasteiger partial charge is 0.0900 e. The zero-order chi connectivity index (χ0) is 13.5. The van der Waals surface area contributed by atoms with Crippen molar-refractivity contribution in [2.75, 3.05) is 26.2 Å². The number of β-amino-alcohol motifs (C(OH)–C–C–N with tert-alkyl or cyclic N) is 1. The van der Waals surface area contributed by atoms with E-state index in [4.69, 9.17) is 4.74 Å². The van der Waals surface area contributed by atoms with Crippen LogP contribution >= 0.6 is 0 Å². The summed E-state index contributed by atoms with van der Waals surface area (Å²) in [6, 6.07) is 10.1. The molecule has 1 aromatic carbocycles. The van der Waals surface area contributed by atoms with E-state index >= 15 is 0 Å². The number of likely N-dealkylation sites (tertiary alicyclic amines) is 1. The van der Waals surface area contributed by atoms with Gasteiger partial charge >= 0.3 is 0 Å². The van der Waals surface area contributed by atoms with Crippen molar-refractivity contribution in [1.29, 1.82) is 0 Å². The van der Waals surface area contributed by atoms with Crippen molar-refractivity contribution in [1.82, 2.24) is 4.90 Å². The predicted molar refractivity (Wildman–Crippen MR) is 76.9 cm³/mol. The average Bonchev–Trinajstić information content (AvgIpc) is 2.43. The molecule has 1 aliphatic rings. The number of nitrogens with zero attached hydrogens (tertiary/aromatic N) is 1. The van der Waals surface area contributed by atoms with Crippen molar-refractivity contribution in [2.24, 2.45) is 5.92 Å². The van der Waals surface area contributed by atoms with Crippen LogP contribution in [0.25, 0.3) is 0 Å². The number of hydrogen-bond donors (Lipinski definition) is 1. The van der Waals surface area contributed by atoms with E-state index in [0.717, 1.165) is 31.1 Å². The Bertz CT molecular complexity index is 353. The van der Waals surface area contributed by atoms with Gasteiger partial charge in [-0.15, -0.1) is 0 Å². The number of aliphatic hydroxyl groups excluding tert-OH is 1. The molecule has 1 aromatic rings. The van der Waals surface area contributed by atoms with Gasteiger partial charge in [-0.05, 0) is 37.4 Å². The number of benzene rings is 1. The molecule has 114 valence electrons. The maximum absolute atomic E-state index is 9.98. The minimum Gasteiger partial charge on any atom is -1.00 e. The molecule has 0 spiro atoms. The van der Waals surface area contributed by atoms with Crippen LogP contribution in [0, 0.1) is 5.92 Å². The lowest BCUT2D eigenvalue weighted by molar-refractivity contribution is -0.0000120. The molecule has 1 unspecified atom stereocenters. The summed E-state index contributed by atoms with van der Waals surface area (Å²) in [5.74, 6) is 0.836. The fourth-order valence-corrected chi connectivity index (χ4v) is 2.48. The maximum atomic E-state index is 9.98. The first-order chi connectivity index (χ1) is 9.24. The zero-order valence-electron chi connectivity index (χ0n) is 12.2. The van der Waals surface area contributed by atoms with Crippen LogP contribution in [0.3, 0.4) is 0 Å². The van der Waals surface area contributed by atoms with Gasteiger partial charge in [0.1, 0.15) is 0 Å². The van der Waals surface area contributed by atoms with Crippen LogP contribution in [0.5, 0.6) is 0 Å². The molecule has 1 heterocycles. The van der Waals surface area contributed by atoms with Crippen molar-refractivity contribution < 1.29 is 22.3 Å². The van der Waals surface area contributed by atoms with Crippen molar-refractivity contribution in [2.45, 2.75) is 32.5 Å². The SMILES string of the molecule is CC1CCN(CC(O)COCc2ccccc2)CC1.[Cl-]. The van der Waals surface area contributed by atoms with E-state index in [9.17, 15) is 5.11 Å². The summed E-state index contributed by atoms with van der Waals surface area (Å²) in [6.07, 6.45) is 2.12. The highest BCUT2D eigenvalue weighted by Crippen LogP contribution is 2.16. The average molecular weight is 299 g/mol. The molecule has 3 nitrogen and oxygen atoms in total. The Kier molecular flexibility index (Phi) is 8.15. The van der Waals surface area contributed by atoms with Crippen LogP contribution in [-0.2, 0) is 11.3 Å². The molecular formula is C16H25ClNO2-.